The van der Waals surface area contributed by atoms with Crippen molar-refractivity contribution >= 4 is 22.2 Å². The molecule has 0 fully saturated rings. The molecule has 6 nitrogen and oxygen atoms in total. The lowest BCUT2D eigenvalue weighted by Gasteiger charge is -2.01. The molecule has 0 radical (unpaired) electrons. The standard InChI is InChI=1S/C9H10F3N5OS/c1-2-3-4-13-5(18)6-16-17-7(9(10,11)12)14-15-8(17)19-6/h2-4H2,1H3,(H,13,18). The van der Waals surface area contributed by atoms with E-state index in [1.807, 2.05) is 6.92 Å². The minimum atomic E-state index is -4.65. The minimum absolute atomic E-state index is 0.0621. The molecular weight excluding hydrogens is 283 g/mol. The van der Waals surface area contributed by atoms with Crippen molar-refractivity contribution < 1.29 is 18.0 Å². The van der Waals surface area contributed by atoms with E-state index in [4.69, 9.17) is 0 Å². The average molecular weight is 293 g/mol. The molecule has 0 bridgehead atoms. The Hall–Kier alpha value is -1.71. The van der Waals surface area contributed by atoms with Gasteiger partial charge < -0.3 is 5.32 Å². The molecule has 19 heavy (non-hydrogen) atoms. The zero-order valence-corrected chi connectivity index (χ0v) is 10.7. The summed E-state index contributed by atoms with van der Waals surface area (Å²) in [5, 5.41) is 12.5. The number of alkyl halides is 3. The van der Waals surface area contributed by atoms with Crippen LogP contribution in [0.5, 0.6) is 0 Å². The quantitative estimate of drug-likeness (QED) is 0.871. The van der Waals surface area contributed by atoms with Gasteiger partial charge in [-0.1, -0.05) is 24.7 Å². The summed E-state index contributed by atoms with van der Waals surface area (Å²) in [6.07, 6.45) is -2.95. The summed E-state index contributed by atoms with van der Waals surface area (Å²) >= 11 is 0.767. The molecule has 0 spiro atoms. The Kier molecular flexibility index (Phi) is 3.69. The van der Waals surface area contributed by atoms with E-state index in [2.05, 4.69) is 20.6 Å². The van der Waals surface area contributed by atoms with Crippen LogP contribution >= 0.6 is 11.3 Å². The molecule has 10 heteroatoms. The van der Waals surface area contributed by atoms with Crippen molar-refractivity contribution in [1.29, 1.82) is 0 Å². The van der Waals surface area contributed by atoms with E-state index in [-0.39, 0.29) is 9.97 Å². The number of aromatic nitrogens is 4. The van der Waals surface area contributed by atoms with Crippen LogP contribution in [0.15, 0.2) is 0 Å². The number of rotatable bonds is 4. The van der Waals surface area contributed by atoms with E-state index in [9.17, 15) is 18.0 Å². The molecule has 0 saturated carbocycles. The van der Waals surface area contributed by atoms with Gasteiger partial charge in [-0.05, 0) is 6.42 Å². The van der Waals surface area contributed by atoms with Gasteiger partial charge in [0, 0.05) is 6.54 Å². The second-order valence-corrected chi connectivity index (χ2v) is 4.69. The molecule has 0 aliphatic carbocycles. The van der Waals surface area contributed by atoms with Crippen LogP contribution in [0.2, 0.25) is 0 Å². The number of halogens is 3. The first kappa shape index (κ1) is 13.7. The van der Waals surface area contributed by atoms with Gasteiger partial charge >= 0.3 is 6.18 Å². The van der Waals surface area contributed by atoms with Crippen LogP contribution in [0, 0.1) is 0 Å². The van der Waals surface area contributed by atoms with Crippen LogP contribution in [0.25, 0.3) is 4.96 Å². The largest absolute Gasteiger partial charge is 0.453 e. The van der Waals surface area contributed by atoms with Gasteiger partial charge in [-0.3, -0.25) is 4.79 Å². The molecule has 2 heterocycles. The van der Waals surface area contributed by atoms with Crippen LogP contribution in [0.4, 0.5) is 13.2 Å². The number of hydrogen-bond acceptors (Lipinski definition) is 5. The van der Waals surface area contributed by atoms with Gasteiger partial charge in [0.2, 0.25) is 9.97 Å². The summed E-state index contributed by atoms with van der Waals surface area (Å²) in [4.78, 5) is 11.6. The van der Waals surface area contributed by atoms with E-state index in [0.717, 1.165) is 24.2 Å². The zero-order chi connectivity index (χ0) is 14.0. The van der Waals surface area contributed by atoms with Gasteiger partial charge in [-0.15, -0.1) is 15.3 Å². The topological polar surface area (TPSA) is 72.2 Å². The first-order valence-corrected chi connectivity index (χ1v) is 6.32. The van der Waals surface area contributed by atoms with Gasteiger partial charge in [-0.2, -0.15) is 17.7 Å². The van der Waals surface area contributed by atoms with Crippen molar-refractivity contribution in [3.8, 4) is 0 Å². The lowest BCUT2D eigenvalue weighted by Crippen LogP contribution is -2.24. The lowest BCUT2D eigenvalue weighted by molar-refractivity contribution is -0.146. The van der Waals surface area contributed by atoms with Crippen LogP contribution < -0.4 is 5.32 Å². The SMILES string of the molecule is CCCCNC(=O)c1nn2c(C(F)(F)F)nnc2s1. The van der Waals surface area contributed by atoms with E-state index < -0.39 is 17.9 Å². The van der Waals surface area contributed by atoms with Crippen molar-refractivity contribution in [2.75, 3.05) is 6.54 Å². The van der Waals surface area contributed by atoms with Crippen molar-refractivity contribution in [2.24, 2.45) is 0 Å². The fourth-order valence-corrected chi connectivity index (χ4v) is 2.10. The fraction of sp³-hybridized carbons (Fsp3) is 0.556. The Morgan fingerprint density at radius 1 is 1.42 bits per heavy atom. The van der Waals surface area contributed by atoms with Crippen molar-refractivity contribution in [2.45, 2.75) is 25.9 Å². The molecule has 0 aliphatic rings. The smallest absolute Gasteiger partial charge is 0.350 e. The number of hydrogen-bond donors (Lipinski definition) is 1. The Balaban J connectivity index is 2.22. The number of amides is 1. The number of unbranched alkanes of at least 4 members (excludes halogenated alkanes) is 1. The van der Waals surface area contributed by atoms with Gasteiger partial charge in [0.05, 0.1) is 0 Å². The zero-order valence-electron chi connectivity index (χ0n) is 9.86. The Morgan fingerprint density at radius 2 is 2.16 bits per heavy atom. The minimum Gasteiger partial charge on any atom is -0.350 e. The van der Waals surface area contributed by atoms with Crippen LogP contribution in [0.1, 0.15) is 35.4 Å². The Bertz CT molecular complexity index is 590. The Morgan fingerprint density at radius 3 is 2.79 bits per heavy atom. The molecule has 104 valence electrons. The fourth-order valence-electron chi connectivity index (χ4n) is 1.34. The second kappa shape index (κ2) is 5.11. The molecule has 0 aromatic carbocycles. The predicted molar refractivity (Wildman–Crippen MR) is 60.9 cm³/mol. The molecule has 2 rings (SSSR count). The molecule has 1 amide bonds. The second-order valence-electron chi connectivity index (χ2n) is 3.73. The van der Waals surface area contributed by atoms with Gasteiger partial charge in [0.1, 0.15) is 0 Å². The highest BCUT2D eigenvalue weighted by molar-refractivity contribution is 7.18. The van der Waals surface area contributed by atoms with Crippen molar-refractivity contribution in [3.05, 3.63) is 10.8 Å². The number of carbonyl (C=O) groups excluding carboxylic acids is 1. The van der Waals surface area contributed by atoms with E-state index in [0.29, 0.717) is 11.1 Å². The molecule has 0 aliphatic heterocycles. The normalized spacial score (nSPS) is 12.0. The molecule has 0 saturated heterocycles. The molecule has 1 N–H and O–H groups in total. The van der Waals surface area contributed by atoms with Gasteiger partial charge in [0.25, 0.3) is 11.7 Å². The van der Waals surface area contributed by atoms with Crippen LogP contribution in [-0.4, -0.2) is 32.3 Å². The highest BCUT2D eigenvalue weighted by atomic mass is 32.1. The predicted octanol–water partition coefficient (Wildman–Crippen LogP) is 1.73. The molecule has 0 atom stereocenters. The highest BCUT2D eigenvalue weighted by Gasteiger charge is 2.38. The molecular formula is C9H10F3N5OS. The first-order valence-electron chi connectivity index (χ1n) is 5.51. The average Bonchev–Trinajstić information content (AvgIpc) is 2.86. The lowest BCUT2D eigenvalue weighted by atomic mass is 10.3. The van der Waals surface area contributed by atoms with E-state index in [1.54, 1.807) is 0 Å². The third-order valence-electron chi connectivity index (χ3n) is 2.25. The molecule has 0 unspecified atom stereocenters. The monoisotopic (exact) mass is 293 g/mol. The number of nitrogens with one attached hydrogen (secondary N) is 1. The maximum atomic E-state index is 12.6. The maximum absolute atomic E-state index is 12.6. The Labute approximate surface area is 109 Å². The summed E-state index contributed by atoms with van der Waals surface area (Å²) < 4.78 is 38.2. The summed E-state index contributed by atoms with van der Waals surface area (Å²) in [5.74, 6) is -1.73. The van der Waals surface area contributed by atoms with Crippen LogP contribution in [0.3, 0.4) is 0 Å². The van der Waals surface area contributed by atoms with E-state index in [1.165, 1.54) is 0 Å². The first-order chi connectivity index (χ1) is 8.93. The molecule has 2 aromatic heterocycles. The third-order valence-corrected chi connectivity index (χ3v) is 3.15. The number of nitrogens with zero attached hydrogens (tertiary/aromatic N) is 4. The molecule has 2 aromatic rings. The summed E-state index contributed by atoms with van der Waals surface area (Å²) in [6.45, 7) is 2.42. The third kappa shape index (κ3) is 2.83. The maximum Gasteiger partial charge on any atom is 0.453 e. The summed E-state index contributed by atoms with van der Waals surface area (Å²) in [6, 6.07) is 0. The highest BCUT2D eigenvalue weighted by Crippen LogP contribution is 2.28. The number of fused-ring (bicyclic) bond motifs is 1. The summed E-state index contributed by atoms with van der Waals surface area (Å²) in [5.41, 5.74) is 0. The van der Waals surface area contributed by atoms with Crippen molar-refractivity contribution in [1.82, 2.24) is 25.1 Å². The van der Waals surface area contributed by atoms with Gasteiger partial charge in [-0.25, -0.2) is 0 Å². The summed E-state index contributed by atoms with van der Waals surface area (Å²) in [7, 11) is 0. The van der Waals surface area contributed by atoms with Gasteiger partial charge in [0.15, 0.2) is 0 Å². The number of carbonyl (C=O) groups is 1. The van der Waals surface area contributed by atoms with E-state index >= 15 is 0 Å². The van der Waals surface area contributed by atoms with Crippen LogP contribution in [-0.2, 0) is 6.18 Å². The van der Waals surface area contributed by atoms with Crippen molar-refractivity contribution in [3.63, 3.8) is 0 Å².